The van der Waals surface area contributed by atoms with E-state index in [0.29, 0.717) is 6.42 Å². The molecule has 1 N–H and O–H groups in total. The molecule has 0 fully saturated rings. The minimum Gasteiger partial charge on any atom is -0.388 e. The van der Waals surface area contributed by atoms with Gasteiger partial charge >= 0.3 is 0 Å². The van der Waals surface area contributed by atoms with Crippen molar-refractivity contribution in [3.8, 4) is 0 Å². The van der Waals surface area contributed by atoms with Gasteiger partial charge in [0.2, 0.25) is 0 Å². The third kappa shape index (κ3) is 3.34. The first kappa shape index (κ1) is 13.1. The average molecular weight is 261 g/mol. The molecule has 2 heteroatoms. The molecule has 0 aliphatic carbocycles. The molecule has 0 radical (unpaired) electrons. The number of hydrogen-bond acceptors (Lipinski definition) is 1. The number of alkyl halides is 1. The van der Waals surface area contributed by atoms with Crippen LogP contribution in [0.25, 0.3) is 0 Å². The van der Waals surface area contributed by atoms with Gasteiger partial charge in [-0.25, -0.2) is 0 Å². The molecule has 0 unspecified atom stereocenters. The molecule has 2 atom stereocenters. The van der Waals surface area contributed by atoms with Crippen molar-refractivity contribution >= 4 is 11.6 Å². The van der Waals surface area contributed by atoms with Crippen LogP contribution in [0.2, 0.25) is 0 Å². The van der Waals surface area contributed by atoms with E-state index in [1.54, 1.807) is 0 Å². The zero-order chi connectivity index (χ0) is 13.0. The normalized spacial score (nSPS) is 14.2. The summed E-state index contributed by atoms with van der Waals surface area (Å²) in [7, 11) is 0. The zero-order valence-electron chi connectivity index (χ0n) is 10.4. The number of rotatable bonds is 4. The van der Waals surface area contributed by atoms with Gasteiger partial charge in [-0.15, -0.1) is 11.6 Å². The Hall–Kier alpha value is -1.31. The molecule has 2 rings (SSSR count). The van der Waals surface area contributed by atoms with Crippen LogP contribution in [0.4, 0.5) is 0 Å². The molecule has 1 nitrogen and oxygen atoms in total. The van der Waals surface area contributed by atoms with Crippen LogP contribution in [0.15, 0.2) is 54.6 Å². The first-order valence-electron chi connectivity index (χ1n) is 6.10. The lowest BCUT2D eigenvalue weighted by Gasteiger charge is -2.15. The summed E-state index contributed by atoms with van der Waals surface area (Å²) in [4.78, 5) is 0. The number of halogens is 1. The molecule has 0 heterocycles. The fourth-order valence-electron chi connectivity index (χ4n) is 1.92. The Labute approximate surface area is 113 Å². The lowest BCUT2D eigenvalue weighted by molar-refractivity contribution is 0.166. The number of aliphatic hydroxyl groups excluding tert-OH is 1. The van der Waals surface area contributed by atoms with Crippen molar-refractivity contribution < 1.29 is 5.11 Å². The van der Waals surface area contributed by atoms with E-state index >= 15 is 0 Å². The summed E-state index contributed by atoms with van der Waals surface area (Å²) in [5.74, 6) is 0. The van der Waals surface area contributed by atoms with Crippen LogP contribution in [-0.4, -0.2) is 5.11 Å². The van der Waals surface area contributed by atoms with Crippen molar-refractivity contribution in [1.29, 1.82) is 0 Å². The van der Waals surface area contributed by atoms with E-state index in [-0.39, 0.29) is 5.38 Å². The Morgan fingerprint density at radius 1 is 0.944 bits per heavy atom. The summed E-state index contributed by atoms with van der Waals surface area (Å²) in [6, 6.07) is 17.7. The van der Waals surface area contributed by atoms with Crippen LogP contribution in [-0.2, 0) is 0 Å². The highest BCUT2D eigenvalue weighted by Gasteiger charge is 2.15. The van der Waals surface area contributed by atoms with Crippen molar-refractivity contribution in [2.75, 3.05) is 0 Å². The average Bonchev–Trinajstić information content (AvgIpc) is 2.40. The Morgan fingerprint density at radius 3 is 2.17 bits per heavy atom. The fraction of sp³-hybridized carbons (Fsp3) is 0.250. The first-order valence-corrected chi connectivity index (χ1v) is 6.54. The van der Waals surface area contributed by atoms with Gasteiger partial charge in [-0.2, -0.15) is 0 Å². The maximum Gasteiger partial charge on any atom is 0.0807 e. The van der Waals surface area contributed by atoms with Gasteiger partial charge in [0.05, 0.1) is 11.5 Å². The number of hydrogen-bond donors (Lipinski definition) is 1. The number of aryl methyl sites for hydroxylation is 1. The molecule has 0 amide bonds. The van der Waals surface area contributed by atoms with E-state index < -0.39 is 6.10 Å². The first-order chi connectivity index (χ1) is 8.66. The molecule has 2 aromatic rings. The summed E-state index contributed by atoms with van der Waals surface area (Å²) >= 11 is 6.34. The van der Waals surface area contributed by atoms with Gasteiger partial charge in [0.15, 0.2) is 0 Å². The summed E-state index contributed by atoms with van der Waals surface area (Å²) in [5.41, 5.74) is 3.18. The molecule has 2 aromatic carbocycles. The molecule has 0 aromatic heterocycles. The van der Waals surface area contributed by atoms with E-state index in [4.69, 9.17) is 11.6 Å². The number of benzene rings is 2. The van der Waals surface area contributed by atoms with Crippen LogP contribution in [0.3, 0.4) is 0 Å². The molecule has 0 saturated heterocycles. The molecule has 94 valence electrons. The van der Waals surface area contributed by atoms with Crippen LogP contribution in [0.5, 0.6) is 0 Å². The zero-order valence-corrected chi connectivity index (χ0v) is 11.1. The molecular weight excluding hydrogens is 244 g/mol. The minimum atomic E-state index is -0.519. The lowest BCUT2D eigenvalue weighted by Crippen LogP contribution is -2.02. The van der Waals surface area contributed by atoms with Crippen molar-refractivity contribution in [2.45, 2.75) is 24.8 Å². The maximum absolute atomic E-state index is 10.1. The second-order valence-corrected chi connectivity index (χ2v) is 5.07. The van der Waals surface area contributed by atoms with Crippen molar-refractivity contribution in [2.24, 2.45) is 0 Å². The number of aliphatic hydroxyl groups is 1. The Bertz CT molecular complexity index is 478. The van der Waals surface area contributed by atoms with Crippen molar-refractivity contribution in [3.63, 3.8) is 0 Å². The molecular formula is C16H17ClO. The quantitative estimate of drug-likeness (QED) is 0.808. The van der Waals surface area contributed by atoms with Crippen molar-refractivity contribution in [3.05, 3.63) is 71.3 Å². The summed E-state index contributed by atoms with van der Waals surface area (Å²) < 4.78 is 0. The van der Waals surface area contributed by atoms with Crippen LogP contribution in [0, 0.1) is 6.92 Å². The third-order valence-corrected chi connectivity index (χ3v) is 3.48. The van der Waals surface area contributed by atoms with Crippen LogP contribution >= 0.6 is 11.6 Å². The highest BCUT2D eigenvalue weighted by molar-refractivity contribution is 6.20. The summed E-state index contributed by atoms with van der Waals surface area (Å²) in [5, 5.41) is 9.96. The maximum atomic E-state index is 10.1. The fourth-order valence-corrected chi connectivity index (χ4v) is 2.23. The molecule has 0 bridgehead atoms. The molecule has 0 spiro atoms. The van der Waals surface area contributed by atoms with E-state index in [2.05, 4.69) is 0 Å². The van der Waals surface area contributed by atoms with Gasteiger partial charge in [0.1, 0.15) is 0 Å². The van der Waals surface area contributed by atoms with E-state index in [1.165, 1.54) is 5.56 Å². The van der Waals surface area contributed by atoms with Gasteiger partial charge in [0.25, 0.3) is 0 Å². The Morgan fingerprint density at radius 2 is 1.56 bits per heavy atom. The van der Waals surface area contributed by atoms with Gasteiger partial charge in [0, 0.05) is 0 Å². The Balaban J connectivity index is 2.03. The summed E-state index contributed by atoms with van der Waals surface area (Å²) in [6.07, 6.45) is 0.00393. The van der Waals surface area contributed by atoms with Gasteiger partial charge < -0.3 is 5.11 Å². The predicted octanol–water partition coefficient (Wildman–Crippen LogP) is 4.40. The second-order valence-electron chi connectivity index (χ2n) is 4.54. The highest BCUT2D eigenvalue weighted by Crippen LogP contribution is 2.31. The van der Waals surface area contributed by atoms with Crippen LogP contribution < -0.4 is 0 Å². The molecule has 0 aliphatic heterocycles. The molecule has 0 saturated carbocycles. The Kier molecular flexibility index (Phi) is 4.40. The summed E-state index contributed by atoms with van der Waals surface area (Å²) in [6.45, 7) is 2.05. The van der Waals surface area contributed by atoms with E-state index in [0.717, 1.165) is 11.1 Å². The molecule has 0 aliphatic rings. The lowest BCUT2D eigenvalue weighted by atomic mass is 10.0. The van der Waals surface area contributed by atoms with Gasteiger partial charge in [-0.1, -0.05) is 60.2 Å². The van der Waals surface area contributed by atoms with Crippen molar-refractivity contribution in [1.82, 2.24) is 0 Å². The smallest absolute Gasteiger partial charge is 0.0807 e. The standard InChI is InChI=1S/C16H17ClO/c1-12-7-9-13(10-8-12)15(17)11-16(18)14-5-3-2-4-6-14/h2-10,15-16,18H,11H2,1H3/t15-,16-/m1/s1. The monoisotopic (exact) mass is 260 g/mol. The van der Waals surface area contributed by atoms with Gasteiger partial charge in [-0.3, -0.25) is 0 Å². The van der Waals surface area contributed by atoms with Gasteiger partial charge in [-0.05, 0) is 24.5 Å². The third-order valence-electron chi connectivity index (χ3n) is 3.05. The highest BCUT2D eigenvalue weighted by atomic mass is 35.5. The molecule has 18 heavy (non-hydrogen) atoms. The minimum absolute atomic E-state index is 0.166. The second kappa shape index (κ2) is 6.03. The van der Waals surface area contributed by atoms with E-state index in [1.807, 2.05) is 61.5 Å². The largest absolute Gasteiger partial charge is 0.388 e. The van der Waals surface area contributed by atoms with Crippen LogP contribution in [0.1, 0.15) is 34.6 Å². The topological polar surface area (TPSA) is 20.2 Å². The predicted molar refractivity (Wildman–Crippen MR) is 75.8 cm³/mol. The van der Waals surface area contributed by atoms with E-state index in [9.17, 15) is 5.11 Å². The SMILES string of the molecule is Cc1ccc([C@H](Cl)C[C@@H](O)c2ccccc2)cc1.